The molecule has 1 heterocycles. The van der Waals surface area contributed by atoms with Crippen LogP contribution in [0.1, 0.15) is 31.0 Å². The number of benzene rings is 2. The van der Waals surface area contributed by atoms with Gasteiger partial charge in [-0.25, -0.2) is 4.39 Å². The fourth-order valence-corrected chi connectivity index (χ4v) is 3.34. The molecule has 0 saturated carbocycles. The third-order valence-electron chi connectivity index (χ3n) is 4.74. The Balaban J connectivity index is 1.99. The lowest BCUT2D eigenvalue weighted by Gasteiger charge is -2.43. The van der Waals surface area contributed by atoms with E-state index in [1.54, 1.807) is 17.9 Å². The largest absolute Gasteiger partial charge is 0.361 e. The van der Waals surface area contributed by atoms with Crippen LogP contribution in [0.3, 0.4) is 0 Å². The first-order valence-electron chi connectivity index (χ1n) is 8.45. The molecule has 3 nitrogen and oxygen atoms in total. The minimum atomic E-state index is -0.218. The Kier molecular flexibility index (Phi) is 4.84. The summed E-state index contributed by atoms with van der Waals surface area (Å²) >= 11 is 0. The molecule has 0 N–H and O–H groups in total. The van der Waals surface area contributed by atoms with Crippen molar-refractivity contribution in [2.24, 2.45) is 0 Å². The Hall–Kier alpha value is -2.36. The Labute approximate surface area is 142 Å². The number of hydrogen-bond donors (Lipinski definition) is 0. The summed E-state index contributed by atoms with van der Waals surface area (Å²) in [6.45, 7) is 5.57. The summed E-state index contributed by atoms with van der Waals surface area (Å²) in [6.07, 6.45) is 0.964. The fraction of sp³-hybridized carbons (Fsp3) is 0.350. The Morgan fingerprint density at radius 1 is 1.17 bits per heavy atom. The molecule has 24 heavy (non-hydrogen) atoms. The van der Waals surface area contributed by atoms with Crippen LogP contribution in [0.25, 0.3) is 0 Å². The molecular formula is C20H23FN2O. The van der Waals surface area contributed by atoms with Crippen LogP contribution < -0.4 is 4.90 Å². The highest BCUT2D eigenvalue weighted by atomic mass is 19.1. The van der Waals surface area contributed by atoms with Crippen molar-refractivity contribution in [2.45, 2.75) is 26.3 Å². The van der Waals surface area contributed by atoms with Gasteiger partial charge in [0.1, 0.15) is 5.82 Å². The maximum atomic E-state index is 14.4. The summed E-state index contributed by atoms with van der Waals surface area (Å²) in [6, 6.07) is 15.1. The normalized spacial score (nSPS) is 17.9. The van der Waals surface area contributed by atoms with Crippen molar-refractivity contribution in [2.75, 3.05) is 24.5 Å². The van der Waals surface area contributed by atoms with E-state index in [9.17, 15) is 9.18 Å². The molecule has 0 aliphatic carbocycles. The Morgan fingerprint density at radius 3 is 2.67 bits per heavy atom. The predicted molar refractivity (Wildman–Crippen MR) is 94.6 cm³/mol. The molecule has 1 aliphatic heterocycles. The molecule has 3 rings (SSSR count). The van der Waals surface area contributed by atoms with Gasteiger partial charge >= 0.3 is 0 Å². The molecule has 126 valence electrons. The number of carbonyl (C=O) groups is 1. The van der Waals surface area contributed by atoms with Crippen LogP contribution in [0.4, 0.5) is 10.1 Å². The first-order chi connectivity index (χ1) is 11.6. The fourth-order valence-electron chi connectivity index (χ4n) is 3.34. The molecule has 0 aromatic heterocycles. The maximum absolute atomic E-state index is 14.4. The second-order valence-electron chi connectivity index (χ2n) is 6.22. The standard InChI is InChI=1S/C20H23FN2O/c1-3-16-7-6-8-17(13-16)23-12-11-22(15(2)24)14-20(23)18-9-4-5-10-19(18)21/h4-10,13,20H,3,11-12,14H2,1-2H3. The third-order valence-corrected chi connectivity index (χ3v) is 4.74. The van der Waals surface area contributed by atoms with Crippen molar-refractivity contribution in [1.29, 1.82) is 0 Å². The SMILES string of the molecule is CCc1cccc(N2CCN(C(C)=O)CC2c2ccccc2F)c1. The van der Waals surface area contributed by atoms with Crippen LogP contribution in [0.15, 0.2) is 48.5 Å². The molecule has 4 heteroatoms. The van der Waals surface area contributed by atoms with E-state index in [-0.39, 0.29) is 17.8 Å². The van der Waals surface area contributed by atoms with Crippen molar-refractivity contribution in [1.82, 2.24) is 4.90 Å². The molecule has 1 fully saturated rings. The topological polar surface area (TPSA) is 23.6 Å². The molecule has 2 aromatic carbocycles. The highest BCUT2D eigenvalue weighted by molar-refractivity contribution is 5.74. The number of aryl methyl sites for hydroxylation is 1. The zero-order valence-electron chi connectivity index (χ0n) is 14.2. The van der Waals surface area contributed by atoms with Gasteiger partial charge in [-0.15, -0.1) is 0 Å². The van der Waals surface area contributed by atoms with Gasteiger partial charge in [0.05, 0.1) is 6.04 Å². The number of piperazine rings is 1. The second-order valence-corrected chi connectivity index (χ2v) is 6.22. The molecule has 0 bridgehead atoms. The lowest BCUT2D eigenvalue weighted by atomic mass is 10.00. The molecule has 1 saturated heterocycles. The maximum Gasteiger partial charge on any atom is 0.219 e. The van der Waals surface area contributed by atoms with Crippen LogP contribution in [0, 0.1) is 5.82 Å². The van der Waals surface area contributed by atoms with Gasteiger partial charge in [-0.1, -0.05) is 37.3 Å². The molecular weight excluding hydrogens is 303 g/mol. The number of nitrogens with zero attached hydrogens (tertiary/aromatic N) is 2. The Bertz CT molecular complexity index is 731. The average molecular weight is 326 g/mol. The minimum Gasteiger partial charge on any atom is -0.361 e. The summed E-state index contributed by atoms with van der Waals surface area (Å²) in [5.41, 5.74) is 2.99. The van der Waals surface area contributed by atoms with Gasteiger partial charge in [0.25, 0.3) is 0 Å². The third kappa shape index (κ3) is 3.28. The highest BCUT2D eigenvalue weighted by Crippen LogP contribution is 2.32. The quantitative estimate of drug-likeness (QED) is 0.856. The zero-order valence-corrected chi connectivity index (χ0v) is 14.2. The Morgan fingerprint density at radius 2 is 1.96 bits per heavy atom. The van der Waals surface area contributed by atoms with Crippen LogP contribution in [0.2, 0.25) is 0 Å². The van der Waals surface area contributed by atoms with E-state index >= 15 is 0 Å². The number of halogens is 1. The van der Waals surface area contributed by atoms with E-state index in [0.29, 0.717) is 25.2 Å². The molecule has 2 aromatic rings. The van der Waals surface area contributed by atoms with Crippen molar-refractivity contribution < 1.29 is 9.18 Å². The van der Waals surface area contributed by atoms with Gasteiger partial charge in [-0.05, 0) is 30.2 Å². The van der Waals surface area contributed by atoms with Gasteiger partial charge in [-0.2, -0.15) is 0 Å². The molecule has 1 atom stereocenters. The molecule has 1 unspecified atom stereocenters. The lowest BCUT2D eigenvalue weighted by Crippen LogP contribution is -2.50. The highest BCUT2D eigenvalue weighted by Gasteiger charge is 2.31. The molecule has 1 amide bonds. The van der Waals surface area contributed by atoms with E-state index in [4.69, 9.17) is 0 Å². The monoisotopic (exact) mass is 326 g/mol. The van der Waals surface area contributed by atoms with Gasteiger partial charge in [0.2, 0.25) is 5.91 Å². The predicted octanol–water partition coefficient (Wildman–Crippen LogP) is 3.80. The van der Waals surface area contributed by atoms with E-state index in [0.717, 1.165) is 12.1 Å². The number of rotatable bonds is 3. The van der Waals surface area contributed by atoms with Crippen molar-refractivity contribution in [3.63, 3.8) is 0 Å². The smallest absolute Gasteiger partial charge is 0.219 e. The summed E-state index contributed by atoms with van der Waals surface area (Å²) in [7, 11) is 0. The van der Waals surface area contributed by atoms with Crippen molar-refractivity contribution in [3.8, 4) is 0 Å². The number of amides is 1. The van der Waals surface area contributed by atoms with E-state index in [1.165, 1.54) is 11.6 Å². The lowest BCUT2D eigenvalue weighted by molar-refractivity contribution is -0.129. The van der Waals surface area contributed by atoms with Gasteiger partial charge in [0, 0.05) is 37.8 Å². The minimum absolute atomic E-state index is 0.0401. The van der Waals surface area contributed by atoms with Crippen LogP contribution in [-0.4, -0.2) is 30.4 Å². The van der Waals surface area contributed by atoms with Gasteiger partial charge < -0.3 is 9.80 Å². The van der Waals surface area contributed by atoms with Crippen LogP contribution in [0.5, 0.6) is 0 Å². The number of anilines is 1. The number of hydrogen-bond acceptors (Lipinski definition) is 2. The van der Waals surface area contributed by atoms with E-state index in [2.05, 4.69) is 30.0 Å². The van der Waals surface area contributed by atoms with Gasteiger partial charge in [0.15, 0.2) is 0 Å². The summed E-state index contributed by atoms with van der Waals surface area (Å²) < 4.78 is 14.4. The second kappa shape index (κ2) is 7.04. The first-order valence-corrected chi connectivity index (χ1v) is 8.45. The molecule has 0 radical (unpaired) electrons. The zero-order chi connectivity index (χ0) is 17.1. The van der Waals surface area contributed by atoms with Crippen LogP contribution >= 0.6 is 0 Å². The summed E-state index contributed by atoms with van der Waals surface area (Å²) in [5.74, 6) is -0.178. The van der Waals surface area contributed by atoms with E-state index < -0.39 is 0 Å². The summed E-state index contributed by atoms with van der Waals surface area (Å²) in [4.78, 5) is 15.8. The van der Waals surface area contributed by atoms with Crippen molar-refractivity contribution in [3.05, 3.63) is 65.5 Å². The summed E-state index contributed by atoms with van der Waals surface area (Å²) in [5, 5.41) is 0. The van der Waals surface area contributed by atoms with Crippen molar-refractivity contribution >= 4 is 11.6 Å². The van der Waals surface area contributed by atoms with E-state index in [1.807, 2.05) is 18.2 Å². The number of carbonyl (C=O) groups excluding carboxylic acids is 1. The molecule has 0 spiro atoms. The van der Waals surface area contributed by atoms with Gasteiger partial charge in [-0.3, -0.25) is 4.79 Å². The average Bonchev–Trinajstić information content (AvgIpc) is 2.61. The van der Waals surface area contributed by atoms with Crippen LogP contribution in [-0.2, 0) is 11.2 Å². The molecule has 1 aliphatic rings. The first kappa shape index (κ1) is 16.5.